The van der Waals surface area contributed by atoms with Gasteiger partial charge in [-0.1, -0.05) is 233 Å². The van der Waals surface area contributed by atoms with Gasteiger partial charge < -0.3 is 14.6 Å². The van der Waals surface area contributed by atoms with E-state index in [-0.39, 0.29) is 12.3 Å². The van der Waals surface area contributed by atoms with Gasteiger partial charge >= 0.3 is 6.85 Å². The van der Waals surface area contributed by atoms with Crippen LogP contribution in [0, 0.1) is 0 Å². The Bertz CT molecular complexity index is 4500. The molecule has 5 heteroatoms. The monoisotopic (exact) mass is 1070 g/mol. The fourth-order valence-corrected chi connectivity index (χ4v) is 15.1. The fourth-order valence-electron chi connectivity index (χ4n) is 14.0. The lowest BCUT2D eigenvalue weighted by atomic mass is 9.42. The molecule has 0 N–H and O–H groups in total. The zero-order valence-corrected chi connectivity index (χ0v) is 46.8. The molecular formula is C77H56BN3S. The van der Waals surface area contributed by atoms with Crippen LogP contribution in [0.4, 0.5) is 45.5 Å². The Morgan fingerprint density at radius 1 is 0.402 bits per heavy atom. The zero-order valence-electron chi connectivity index (χ0n) is 46.0. The number of anilines is 8. The van der Waals surface area contributed by atoms with Crippen LogP contribution in [0.15, 0.2) is 285 Å². The predicted molar refractivity (Wildman–Crippen MR) is 349 cm³/mol. The third-order valence-corrected chi connectivity index (χ3v) is 18.7. The van der Waals surface area contributed by atoms with Gasteiger partial charge in [0.25, 0.3) is 0 Å². The largest absolute Gasteiger partial charge is 0.376 e. The molecule has 0 atom stereocenters. The van der Waals surface area contributed by atoms with Gasteiger partial charge in [0.15, 0.2) is 0 Å². The Labute approximate surface area is 484 Å². The molecule has 0 amide bonds. The van der Waals surface area contributed by atoms with E-state index in [9.17, 15) is 0 Å². The van der Waals surface area contributed by atoms with Crippen LogP contribution in [0.5, 0.6) is 0 Å². The molecule has 0 radical (unpaired) electrons. The Balaban J connectivity index is 1.05. The van der Waals surface area contributed by atoms with Crippen molar-refractivity contribution in [2.75, 3.05) is 14.6 Å². The maximum Gasteiger partial charge on any atom is 0.333 e. The second-order valence-corrected chi connectivity index (χ2v) is 24.3. The molecule has 0 saturated carbocycles. The van der Waals surface area contributed by atoms with Crippen molar-refractivity contribution in [2.45, 2.75) is 31.6 Å². The van der Waals surface area contributed by atoms with Crippen molar-refractivity contribution in [1.82, 2.24) is 0 Å². The number of hydrogen-bond acceptors (Lipinski definition) is 4. The average Bonchev–Trinajstić information content (AvgIpc) is 2.05. The highest BCUT2D eigenvalue weighted by Crippen LogP contribution is 2.60. The number of nitrogens with zero attached hydrogens (tertiary/aromatic N) is 3. The minimum atomic E-state index is -0.659. The normalized spacial score (nSPS) is 13.6. The Morgan fingerprint density at radius 2 is 0.963 bits per heavy atom. The molecule has 0 bridgehead atoms. The number of hydrogen-bond donors (Lipinski definition) is 0. The molecular weight excluding hydrogens is 1010 g/mol. The molecule has 12 aromatic carbocycles. The summed E-state index contributed by atoms with van der Waals surface area (Å²) in [6, 6.07) is 107. The molecule has 3 aliphatic rings. The van der Waals surface area contributed by atoms with E-state index >= 15 is 0 Å². The molecule has 4 heterocycles. The number of rotatable bonds is 8. The molecule has 0 aliphatic carbocycles. The second-order valence-electron chi connectivity index (χ2n) is 23.2. The smallest absolute Gasteiger partial charge is 0.333 e. The van der Waals surface area contributed by atoms with Crippen molar-refractivity contribution in [1.29, 1.82) is 0 Å². The van der Waals surface area contributed by atoms with Crippen molar-refractivity contribution >= 4 is 94.8 Å². The van der Waals surface area contributed by atoms with Crippen LogP contribution >= 0.6 is 11.3 Å². The minimum absolute atomic E-state index is 0.0151. The van der Waals surface area contributed by atoms with Crippen LogP contribution < -0.4 is 25.5 Å². The highest BCUT2D eigenvalue weighted by Gasteiger charge is 2.53. The zero-order chi connectivity index (χ0) is 54.7. The van der Waals surface area contributed by atoms with E-state index in [1.807, 2.05) is 11.3 Å². The van der Waals surface area contributed by atoms with E-state index < -0.39 is 5.41 Å². The second kappa shape index (κ2) is 18.7. The van der Waals surface area contributed by atoms with E-state index in [0.29, 0.717) is 0 Å². The molecule has 0 fully saturated rings. The average molecular weight is 1070 g/mol. The summed E-state index contributed by atoms with van der Waals surface area (Å²) in [5, 5.41) is 2.57. The van der Waals surface area contributed by atoms with Crippen LogP contribution in [0.1, 0.15) is 48.6 Å². The molecule has 0 saturated heterocycles. The van der Waals surface area contributed by atoms with E-state index in [4.69, 9.17) is 0 Å². The van der Waals surface area contributed by atoms with Crippen LogP contribution in [-0.4, -0.2) is 6.85 Å². The maximum absolute atomic E-state index is 2.70. The topological polar surface area (TPSA) is 9.72 Å². The Morgan fingerprint density at radius 3 is 1.61 bits per heavy atom. The molecule has 0 unspecified atom stereocenters. The summed E-state index contributed by atoms with van der Waals surface area (Å²) in [6.07, 6.45) is 0. The predicted octanol–water partition coefficient (Wildman–Crippen LogP) is 19.6. The maximum atomic E-state index is 2.70. The first-order valence-corrected chi connectivity index (χ1v) is 29.4. The molecule has 388 valence electrons. The van der Waals surface area contributed by atoms with Gasteiger partial charge in [-0.05, 0) is 145 Å². The van der Waals surface area contributed by atoms with Gasteiger partial charge in [0, 0.05) is 65.5 Å². The third-order valence-electron chi connectivity index (χ3n) is 17.6. The summed E-state index contributed by atoms with van der Waals surface area (Å²) < 4.78 is 2.57. The van der Waals surface area contributed by atoms with Crippen molar-refractivity contribution in [3.63, 3.8) is 0 Å². The number of benzene rings is 12. The third kappa shape index (κ3) is 7.36. The van der Waals surface area contributed by atoms with Gasteiger partial charge in [-0.2, -0.15) is 0 Å². The summed E-state index contributed by atoms with van der Waals surface area (Å²) in [5.41, 5.74) is 24.5. The molecule has 1 aromatic heterocycles. The first-order chi connectivity index (χ1) is 40.3. The van der Waals surface area contributed by atoms with E-state index in [2.05, 4.69) is 321 Å². The lowest BCUT2D eigenvalue weighted by molar-refractivity contribution is 0.590. The van der Waals surface area contributed by atoms with Gasteiger partial charge in [-0.25, -0.2) is 0 Å². The van der Waals surface area contributed by atoms with Gasteiger partial charge in [0.05, 0.1) is 11.1 Å². The van der Waals surface area contributed by atoms with Gasteiger partial charge in [-0.15, -0.1) is 11.3 Å². The number of thiophene rings is 1. The summed E-state index contributed by atoms with van der Waals surface area (Å²) >= 11 is 1.89. The van der Waals surface area contributed by atoms with E-state index in [1.54, 1.807) is 0 Å². The minimum Gasteiger partial charge on any atom is -0.376 e. The standard InChI is InChI=1S/C77H56BN3S/c1-76(2,3)55-41-43-58(44-42-55)81-70-49-64-62-35-16-19-40-72(62)82-73(64)50-63(70)65-47-61(79(59-33-20-27-53(45-59)51-23-8-4-9-24-51)60-34-21-28-54(46-60)52-25-10-5-11-26-52)48-71-74(65)78(81)68-38-22-37-67-75(68)80(71)69-39-18-17-36-66(69)77(67,56-29-12-6-13-30-56)57-31-14-7-15-32-57/h4-50H,1-3H3. The van der Waals surface area contributed by atoms with Crippen molar-refractivity contribution < 1.29 is 0 Å². The van der Waals surface area contributed by atoms with E-state index in [1.165, 1.54) is 104 Å². The molecule has 13 aromatic rings. The van der Waals surface area contributed by atoms with E-state index in [0.717, 1.165) is 33.9 Å². The van der Waals surface area contributed by atoms with Crippen molar-refractivity contribution in [3.8, 4) is 33.4 Å². The van der Waals surface area contributed by atoms with Crippen LogP contribution in [0.2, 0.25) is 0 Å². The summed E-state index contributed by atoms with van der Waals surface area (Å²) in [6.45, 7) is 6.72. The van der Waals surface area contributed by atoms with Crippen LogP contribution in [-0.2, 0) is 10.8 Å². The summed E-state index contributed by atoms with van der Waals surface area (Å²) in [4.78, 5) is 7.87. The number of para-hydroxylation sites is 2. The van der Waals surface area contributed by atoms with Crippen molar-refractivity contribution in [2.24, 2.45) is 0 Å². The van der Waals surface area contributed by atoms with Gasteiger partial charge in [0.2, 0.25) is 0 Å². The molecule has 3 aliphatic heterocycles. The lowest BCUT2D eigenvalue weighted by Gasteiger charge is -2.52. The lowest BCUT2D eigenvalue weighted by Crippen LogP contribution is -2.62. The molecule has 0 spiro atoms. The Hall–Kier alpha value is -9.68. The SMILES string of the molecule is CC(C)(C)c1ccc(N2B3c4cccc5c4N(c4ccccc4C5(c4ccccc4)c4ccccc4)c4cc(N(c5cccc(-c6ccccc6)c5)c5cccc(-c6ccccc6)c5)cc(c43)-c3cc4sc5ccccc5c4cc32)cc1. The first-order valence-electron chi connectivity index (χ1n) is 28.6. The number of fused-ring (bicyclic) bond motifs is 9. The first kappa shape index (κ1) is 48.2. The van der Waals surface area contributed by atoms with Crippen LogP contribution in [0.3, 0.4) is 0 Å². The highest BCUT2D eigenvalue weighted by molar-refractivity contribution is 7.25. The summed E-state index contributed by atoms with van der Waals surface area (Å²) in [5.74, 6) is 0. The highest BCUT2D eigenvalue weighted by atomic mass is 32.1. The van der Waals surface area contributed by atoms with Gasteiger partial charge in [-0.3, -0.25) is 0 Å². The molecule has 82 heavy (non-hydrogen) atoms. The quantitative estimate of drug-likeness (QED) is 0.140. The van der Waals surface area contributed by atoms with Gasteiger partial charge in [0.1, 0.15) is 0 Å². The van der Waals surface area contributed by atoms with Crippen molar-refractivity contribution in [3.05, 3.63) is 313 Å². The van der Waals surface area contributed by atoms with Crippen LogP contribution in [0.25, 0.3) is 53.6 Å². The molecule has 3 nitrogen and oxygen atoms in total. The Kier molecular flexibility index (Phi) is 11.0. The summed E-state index contributed by atoms with van der Waals surface area (Å²) in [7, 11) is 0. The molecule has 16 rings (SSSR count). The fraction of sp³-hybridized carbons (Fsp3) is 0.0649.